The minimum absolute atomic E-state index is 0.138. The van der Waals surface area contributed by atoms with Crippen molar-refractivity contribution in [3.8, 4) is 0 Å². The number of H-pyrrole nitrogens is 1. The Morgan fingerprint density at radius 3 is 2.73 bits per heavy atom. The summed E-state index contributed by atoms with van der Waals surface area (Å²) in [5.41, 5.74) is 0.392. The number of pyridine rings is 1. The number of rotatable bonds is 7. The monoisotopic (exact) mass is 324 g/mol. The molecule has 0 fully saturated rings. The molecule has 1 heterocycles. The van der Waals surface area contributed by atoms with E-state index in [0.29, 0.717) is 30.5 Å². The molecule has 120 valence electrons. The molecular weight excluding hydrogens is 304 g/mol. The highest BCUT2D eigenvalue weighted by Crippen LogP contribution is 2.16. The lowest BCUT2D eigenvalue weighted by Gasteiger charge is -2.09. The Kier molecular flexibility index (Phi) is 5.33. The van der Waals surface area contributed by atoms with Gasteiger partial charge in [0.05, 0.1) is 11.0 Å². The lowest BCUT2D eigenvalue weighted by molar-refractivity contribution is 0.0778. The van der Waals surface area contributed by atoms with E-state index in [1.807, 2.05) is 13.8 Å². The van der Waals surface area contributed by atoms with Gasteiger partial charge in [-0.25, -0.2) is 13.1 Å². The van der Waals surface area contributed by atoms with E-state index >= 15 is 0 Å². The van der Waals surface area contributed by atoms with E-state index in [2.05, 4.69) is 9.71 Å². The number of hydrogen-bond acceptors (Lipinski definition) is 4. The van der Waals surface area contributed by atoms with Crippen LogP contribution in [0.2, 0.25) is 0 Å². The van der Waals surface area contributed by atoms with Crippen LogP contribution in [0, 0.1) is 0 Å². The van der Waals surface area contributed by atoms with Crippen molar-refractivity contribution >= 4 is 20.9 Å². The maximum Gasteiger partial charge on any atom is 0.248 e. The second kappa shape index (κ2) is 7.04. The van der Waals surface area contributed by atoms with E-state index in [1.54, 1.807) is 12.1 Å². The van der Waals surface area contributed by atoms with Crippen LogP contribution in [-0.4, -0.2) is 32.7 Å². The minimum Gasteiger partial charge on any atom is -0.379 e. The largest absolute Gasteiger partial charge is 0.379 e. The Morgan fingerprint density at radius 1 is 1.23 bits per heavy atom. The Hall–Kier alpha value is -1.70. The SMILES string of the molecule is CC(C)OCCCNS(=O)(=O)c1ccc2[nH]c(=O)ccc2c1. The number of aromatic amines is 1. The van der Waals surface area contributed by atoms with Crippen molar-refractivity contribution in [1.82, 2.24) is 9.71 Å². The Morgan fingerprint density at radius 2 is 2.00 bits per heavy atom. The van der Waals surface area contributed by atoms with Crippen LogP contribution >= 0.6 is 0 Å². The molecule has 0 amide bonds. The Labute approximate surface area is 129 Å². The fourth-order valence-corrected chi connectivity index (χ4v) is 3.09. The summed E-state index contributed by atoms with van der Waals surface area (Å²) < 4.78 is 32.3. The maximum atomic E-state index is 12.2. The van der Waals surface area contributed by atoms with Crippen LogP contribution in [0.25, 0.3) is 10.9 Å². The zero-order valence-electron chi connectivity index (χ0n) is 12.6. The van der Waals surface area contributed by atoms with Gasteiger partial charge in [-0.1, -0.05) is 0 Å². The molecule has 0 radical (unpaired) electrons. The molecule has 0 bridgehead atoms. The molecule has 2 aromatic rings. The molecule has 1 aromatic heterocycles. The van der Waals surface area contributed by atoms with Gasteiger partial charge in [0.1, 0.15) is 0 Å². The van der Waals surface area contributed by atoms with Crippen molar-refractivity contribution < 1.29 is 13.2 Å². The quantitative estimate of drug-likeness (QED) is 0.758. The van der Waals surface area contributed by atoms with E-state index in [9.17, 15) is 13.2 Å². The fraction of sp³-hybridized carbons (Fsp3) is 0.400. The predicted molar refractivity (Wildman–Crippen MR) is 85.5 cm³/mol. The molecule has 6 nitrogen and oxygen atoms in total. The first kappa shape index (κ1) is 16.7. The molecular formula is C15H20N2O4S. The molecule has 0 unspecified atom stereocenters. The fourth-order valence-electron chi connectivity index (χ4n) is 1.98. The number of ether oxygens (including phenoxy) is 1. The predicted octanol–water partition coefficient (Wildman–Crippen LogP) is 1.62. The Bertz CT molecular complexity index is 797. The van der Waals surface area contributed by atoms with Crippen LogP contribution in [0.1, 0.15) is 20.3 Å². The number of fused-ring (bicyclic) bond motifs is 1. The zero-order valence-corrected chi connectivity index (χ0v) is 13.4. The van der Waals surface area contributed by atoms with Crippen LogP contribution in [0.3, 0.4) is 0 Å². The van der Waals surface area contributed by atoms with Gasteiger partial charge in [-0.05, 0) is 49.9 Å². The van der Waals surface area contributed by atoms with E-state index < -0.39 is 10.0 Å². The molecule has 0 spiro atoms. The van der Waals surface area contributed by atoms with Gasteiger partial charge in [-0.15, -0.1) is 0 Å². The number of benzene rings is 1. The molecule has 2 N–H and O–H groups in total. The van der Waals surface area contributed by atoms with Crippen molar-refractivity contribution in [2.75, 3.05) is 13.2 Å². The summed E-state index contributed by atoms with van der Waals surface area (Å²) in [5, 5.41) is 0.672. The standard InChI is InChI=1S/C15H20N2O4S/c1-11(2)21-9-3-8-16-22(19,20)13-5-6-14-12(10-13)4-7-15(18)17-14/h4-7,10-11,16H,3,8-9H2,1-2H3,(H,17,18). The van der Waals surface area contributed by atoms with Crippen LogP contribution in [0.15, 0.2) is 40.0 Å². The van der Waals surface area contributed by atoms with Gasteiger partial charge in [0.25, 0.3) is 0 Å². The van der Waals surface area contributed by atoms with E-state index in [-0.39, 0.29) is 16.6 Å². The number of hydrogen-bond donors (Lipinski definition) is 2. The van der Waals surface area contributed by atoms with E-state index in [1.165, 1.54) is 18.2 Å². The lowest BCUT2D eigenvalue weighted by atomic mass is 10.2. The minimum atomic E-state index is -3.56. The van der Waals surface area contributed by atoms with Gasteiger partial charge in [0, 0.05) is 24.7 Å². The first-order valence-corrected chi connectivity index (χ1v) is 8.61. The normalized spacial score (nSPS) is 12.1. The molecule has 7 heteroatoms. The third-order valence-electron chi connectivity index (χ3n) is 3.07. The van der Waals surface area contributed by atoms with Crippen molar-refractivity contribution in [3.05, 3.63) is 40.7 Å². The number of sulfonamides is 1. The summed E-state index contributed by atoms with van der Waals surface area (Å²) in [6, 6.07) is 7.58. The highest BCUT2D eigenvalue weighted by Gasteiger charge is 2.13. The molecule has 0 aliphatic heterocycles. The molecule has 2 rings (SSSR count). The number of nitrogens with one attached hydrogen (secondary N) is 2. The maximum absolute atomic E-state index is 12.2. The van der Waals surface area contributed by atoms with Gasteiger partial charge < -0.3 is 9.72 Å². The van der Waals surface area contributed by atoms with E-state index in [0.717, 1.165) is 0 Å². The van der Waals surface area contributed by atoms with Crippen molar-refractivity contribution in [3.63, 3.8) is 0 Å². The third kappa shape index (κ3) is 4.40. The number of aromatic nitrogens is 1. The average Bonchev–Trinajstić information content (AvgIpc) is 2.45. The first-order valence-electron chi connectivity index (χ1n) is 7.13. The van der Waals surface area contributed by atoms with Gasteiger partial charge in [-0.2, -0.15) is 0 Å². The summed E-state index contributed by atoms with van der Waals surface area (Å²) >= 11 is 0. The smallest absolute Gasteiger partial charge is 0.248 e. The van der Waals surface area contributed by atoms with Gasteiger partial charge in [0.2, 0.25) is 15.6 Å². The summed E-state index contributed by atoms with van der Waals surface area (Å²) in [6.07, 6.45) is 0.748. The van der Waals surface area contributed by atoms with E-state index in [4.69, 9.17) is 4.74 Å². The van der Waals surface area contributed by atoms with Crippen LogP contribution in [0.5, 0.6) is 0 Å². The second-order valence-electron chi connectivity index (χ2n) is 5.24. The van der Waals surface area contributed by atoms with Crippen molar-refractivity contribution in [2.45, 2.75) is 31.3 Å². The van der Waals surface area contributed by atoms with Gasteiger partial charge >= 0.3 is 0 Å². The van der Waals surface area contributed by atoms with Gasteiger partial charge in [-0.3, -0.25) is 4.79 Å². The molecule has 0 atom stereocenters. The molecule has 0 aliphatic carbocycles. The summed E-state index contributed by atoms with van der Waals surface area (Å²) in [6.45, 7) is 4.70. The molecule has 0 saturated carbocycles. The molecule has 1 aromatic carbocycles. The third-order valence-corrected chi connectivity index (χ3v) is 4.53. The highest BCUT2D eigenvalue weighted by molar-refractivity contribution is 7.89. The van der Waals surface area contributed by atoms with Crippen LogP contribution < -0.4 is 10.3 Å². The summed E-state index contributed by atoms with van der Waals surface area (Å²) in [4.78, 5) is 14.0. The molecule has 0 aliphatic rings. The average molecular weight is 324 g/mol. The Balaban J connectivity index is 2.06. The van der Waals surface area contributed by atoms with Crippen LogP contribution in [0.4, 0.5) is 0 Å². The van der Waals surface area contributed by atoms with Crippen LogP contribution in [-0.2, 0) is 14.8 Å². The lowest BCUT2D eigenvalue weighted by Crippen LogP contribution is -2.25. The molecule has 0 saturated heterocycles. The highest BCUT2D eigenvalue weighted by atomic mass is 32.2. The topological polar surface area (TPSA) is 88.3 Å². The van der Waals surface area contributed by atoms with Gasteiger partial charge in [0.15, 0.2) is 0 Å². The summed E-state index contributed by atoms with van der Waals surface area (Å²) in [5.74, 6) is 0. The zero-order chi connectivity index (χ0) is 16.2. The summed E-state index contributed by atoms with van der Waals surface area (Å²) in [7, 11) is -3.56. The first-order chi connectivity index (χ1) is 10.4. The molecule has 22 heavy (non-hydrogen) atoms. The second-order valence-corrected chi connectivity index (χ2v) is 7.01. The van der Waals surface area contributed by atoms with Crippen molar-refractivity contribution in [2.24, 2.45) is 0 Å². The van der Waals surface area contributed by atoms with Crippen molar-refractivity contribution in [1.29, 1.82) is 0 Å².